The Balaban J connectivity index is 2.04. The van der Waals surface area contributed by atoms with Crippen LogP contribution in [0.25, 0.3) is 0 Å². The van der Waals surface area contributed by atoms with Gasteiger partial charge in [0.05, 0.1) is 6.10 Å². The average Bonchev–Trinajstić information content (AvgIpc) is 2.35. The highest BCUT2D eigenvalue weighted by atomic mass is 19.2. The summed E-state index contributed by atoms with van der Waals surface area (Å²) in [7, 11) is 0. The number of ether oxygens (including phenoxy) is 1. The van der Waals surface area contributed by atoms with Crippen molar-refractivity contribution in [2.24, 2.45) is 0 Å². The van der Waals surface area contributed by atoms with Gasteiger partial charge in [-0.25, -0.2) is 4.39 Å². The average molecular weight is 240 g/mol. The summed E-state index contributed by atoms with van der Waals surface area (Å²) in [5, 5.41) is 0. The number of aryl methyl sites for hydroxylation is 1. The number of halogens is 2. The van der Waals surface area contributed by atoms with E-state index in [0.29, 0.717) is 0 Å². The largest absolute Gasteiger partial charge is 0.487 e. The number of hydrogen-bond acceptors (Lipinski definition) is 1. The second-order valence-electron chi connectivity index (χ2n) is 4.62. The van der Waals surface area contributed by atoms with E-state index in [2.05, 4.69) is 6.92 Å². The standard InChI is InChI=1S/C14H18F2O/c1-2-3-4-5-11-8-6-10-7-9-12(15)13(16)14(10)17-11/h7,9,11H,2-6,8H2,1H3/t11-/m1/s1. The first kappa shape index (κ1) is 12.3. The normalized spacial score (nSPS) is 18.6. The molecule has 0 aromatic heterocycles. The maximum Gasteiger partial charge on any atom is 0.200 e. The van der Waals surface area contributed by atoms with Gasteiger partial charge in [0, 0.05) is 0 Å². The Bertz CT molecular complexity index is 390. The number of rotatable bonds is 4. The molecule has 1 aliphatic heterocycles. The van der Waals surface area contributed by atoms with E-state index in [1.54, 1.807) is 6.07 Å². The summed E-state index contributed by atoms with van der Waals surface area (Å²) in [5.74, 6) is -1.52. The van der Waals surface area contributed by atoms with E-state index in [9.17, 15) is 8.78 Å². The van der Waals surface area contributed by atoms with E-state index in [-0.39, 0.29) is 11.9 Å². The smallest absolute Gasteiger partial charge is 0.200 e. The molecule has 1 aromatic carbocycles. The van der Waals surface area contributed by atoms with Crippen LogP contribution in [0.2, 0.25) is 0 Å². The Morgan fingerprint density at radius 3 is 2.88 bits per heavy atom. The van der Waals surface area contributed by atoms with E-state index >= 15 is 0 Å². The Labute approximate surface area is 101 Å². The molecule has 0 unspecified atom stereocenters. The van der Waals surface area contributed by atoms with Crippen LogP contribution in [0, 0.1) is 11.6 Å². The van der Waals surface area contributed by atoms with Crippen LogP contribution in [-0.2, 0) is 6.42 Å². The third-order valence-corrected chi connectivity index (χ3v) is 3.28. The van der Waals surface area contributed by atoms with Gasteiger partial charge in [0.25, 0.3) is 0 Å². The minimum absolute atomic E-state index is 0.0466. The summed E-state index contributed by atoms with van der Waals surface area (Å²) in [5.41, 5.74) is 0.788. The minimum Gasteiger partial charge on any atom is -0.487 e. The SMILES string of the molecule is CCCCC[C@@H]1CCc2ccc(F)c(F)c2O1. The number of unbranched alkanes of at least 4 members (excludes halogenated alkanes) is 2. The van der Waals surface area contributed by atoms with Crippen LogP contribution >= 0.6 is 0 Å². The lowest BCUT2D eigenvalue weighted by Crippen LogP contribution is -2.23. The van der Waals surface area contributed by atoms with Crippen molar-refractivity contribution in [3.05, 3.63) is 29.3 Å². The zero-order valence-corrected chi connectivity index (χ0v) is 10.1. The van der Waals surface area contributed by atoms with E-state index in [1.165, 1.54) is 12.5 Å². The minimum atomic E-state index is -0.831. The molecule has 0 radical (unpaired) electrons. The molecule has 1 heterocycles. The van der Waals surface area contributed by atoms with Crippen LogP contribution in [-0.4, -0.2) is 6.10 Å². The van der Waals surface area contributed by atoms with Crippen molar-refractivity contribution in [1.82, 2.24) is 0 Å². The van der Waals surface area contributed by atoms with Crippen LogP contribution in [0.3, 0.4) is 0 Å². The topological polar surface area (TPSA) is 9.23 Å². The van der Waals surface area contributed by atoms with Gasteiger partial charge in [-0.3, -0.25) is 0 Å². The second-order valence-corrected chi connectivity index (χ2v) is 4.62. The second kappa shape index (κ2) is 5.48. The lowest BCUT2D eigenvalue weighted by Gasteiger charge is -2.26. The van der Waals surface area contributed by atoms with Gasteiger partial charge in [-0.2, -0.15) is 4.39 Å². The van der Waals surface area contributed by atoms with Crippen LogP contribution in [0.15, 0.2) is 12.1 Å². The van der Waals surface area contributed by atoms with E-state index in [4.69, 9.17) is 4.74 Å². The summed E-state index contributed by atoms with van der Waals surface area (Å²) >= 11 is 0. The van der Waals surface area contributed by atoms with Crippen molar-refractivity contribution < 1.29 is 13.5 Å². The molecule has 94 valence electrons. The molecule has 0 spiro atoms. The van der Waals surface area contributed by atoms with Crippen molar-refractivity contribution in [3.63, 3.8) is 0 Å². The molecular weight excluding hydrogens is 222 g/mol. The summed E-state index contributed by atoms with van der Waals surface area (Å²) in [6.07, 6.45) is 6.08. The first-order chi connectivity index (χ1) is 8.22. The van der Waals surface area contributed by atoms with Gasteiger partial charge in [0.2, 0.25) is 5.82 Å². The third kappa shape index (κ3) is 2.76. The number of hydrogen-bond donors (Lipinski definition) is 0. The zero-order chi connectivity index (χ0) is 12.3. The monoisotopic (exact) mass is 240 g/mol. The molecule has 2 rings (SSSR count). The van der Waals surface area contributed by atoms with Crippen molar-refractivity contribution in [2.75, 3.05) is 0 Å². The summed E-state index contributed by atoms with van der Waals surface area (Å²) in [4.78, 5) is 0. The van der Waals surface area contributed by atoms with Crippen LogP contribution in [0.4, 0.5) is 8.78 Å². The van der Waals surface area contributed by atoms with Gasteiger partial charge in [-0.15, -0.1) is 0 Å². The van der Waals surface area contributed by atoms with E-state index < -0.39 is 11.6 Å². The fraction of sp³-hybridized carbons (Fsp3) is 0.571. The van der Waals surface area contributed by atoms with Gasteiger partial charge in [0.15, 0.2) is 11.6 Å². The zero-order valence-electron chi connectivity index (χ0n) is 10.1. The first-order valence-electron chi connectivity index (χ1n) is 6.36. The quantitative estimate of drug-likeness (QED) is 0.715. The molecule has 0 fully saturated rings. The lowest BCUT2D eigenvalue weighted by atomic mass is 9.98. The predicted molar refractivity (Wildman–Crippen MR) is 63.2 cm³/mol. The van der Waals surface area contributed by atoms with Gasteiger partial charge in [-0.1, -0.05) is 25.8 Å². The summed E-state index contributed by atoms with van der Waals surface area (Å²) < 4.78 is 32.2. The molecule has 0 amide bonds. The van der Waals surface area contributed by atoms with Crippen LogP contribution in [0.5, 0.6) is 5.75 Å². The lowest BCUT2D eigenvalue weighted by molar-refractivity contribution is 0.151. The van der Waals surface area contributed by atoms with Crippen molar-refractivity contribution in [3.8, 4) is 5.75 Å². The Kier molecular flexibility index (Phi) is 3.97. The van der Waals surface area contributed by atoms with Gasteiger partial charge in [-0.05, 0) is 37.3 Å². The molecule has 0 saturated carbocycles. The Morgan fingerprint density at radius 1 is 1.29 bits per heavy atom. The molecule has 0 aliphatic carbocycles. The highest BCUT2D eigenvalue weighted by molar-refractivity contribution is 5.37. The van der Waals surface area contributed by atoms with E-state index in [1.807, 2.05) is 0 Å². The molecule has 0 bridgehead atoms. The highest BCUT2D eigenvalue weighted by Crippen LogP contribution is 2.33. The predicted octanol–water partition coefficient (Wildman–Crippen LogP) is 4.24. The summed E-state index contributed by atoms with van der Waals surface area (Å²) in [6.45, 7) is 2.14. The van der Waals surface area contributed by atoms with Gasteiger partial charge < -0.3 is 4.74 Å². The van der Waals surface area contributed by atoms with Crippen molar-refractivity contribution in [1.29, 1.82) is 0 Å². The van der Waals surface area contributed by atoms with Crippen LogP contribution < -0.4 is 4.74 Å². The fourth-order valence-electron chi connectivity index (χ4n) is 2.26. The molecule has 17 heavy (non-hydrogen) atoms. The number of fused-ring (bicyclic) bond motifs is 1. The fourth-order valence-corrected chi connectivity index (χ4v) is 2.26. The highest BCUT2D eigenvalue weighted by Gasteiger charge is 2.24. The maximum atomic E-state index is 13.5. The Morgan fingerprint density at radius 2 is 2.12 bits per heavy atom. The molecular formula is C14H18F2O. The molecule has 1 aromatic rings. The molecule has 1 aliphatic rings. The molecule has 0 N–H and O–H groups in total. The number of benzene rings is 1. The first-order valence-corrected chi connectivity index (χ1v) is 6.36. The van der Waals surface area contributed by atoms with Gasteiger partial charge in [0.1, 0.15) is 0 Å². The molecule has 3 heteroatoms. The molecule has 1 nitrogen and oxygen atoms in total. The Hall–Kier alpha value is -1.12. The van der Waals surface area contributed by atoms with Crippen molar-refractivity contribution >= 4 is 0 Å². The molecule has 1 atom stereocenters. The maximum absolute atomic E-state index is 13.5. The van der Waals surface area contributed by atoms with Crippen LogP contribution in [0.1, 0.15) is 44.6 Å². The molecule has 0 saturated heterocycles. The van der Waals surface area contributed by atoms with E-state index in [0.717, 1.165) is 37.7 Å². The summed E-state index contributed by atoms with van der Waals surface area (Å²) in [6, 6.07) is 2.80. The van der Waals surface area contributed by atoms with Crippen molar-refractivity contribution in [2.45, 2.75) is 51.6 Å². The van der Waals surface area contributed by atoms with Gasteiger partial charge >= 0.3 is 0 Å². The third-order valence-electron chi connectivity index (χ3n) is 3.28.